The average molecular weight is 416 g/mol. The van der Waals surface area contributed by atoms with E-state index in [4.69, 9.17) is 10.2 Å². The number of allylic oxidation sites excluding steroid dienone is 2. The van der Waals surface area contributed by atoms with Crippen LogP contribution in [0.4, 0.5) is 0 Å². The number of amides is 1. The van der Waals surface area contributed by atoms with Crippen LogP contribution in [0.25, 0.3) is 5.57 Å². The van der Waals surface area contributed by atoms with Crippen molar-refractivity contribution in [2.45, 2.75) is 91.3 Å². The first-order valence-electron chi connectivity index (χ1n) is 10.8. The van der Waals surface area contributed by atoms with E-state index in [2.05, 4.69) is 73.7 Å². The van der Waals surface area contributed by atoms with Crippen molar-refractivity contribution in [3.8, 4) is 0 Å². The van der Waals surface area contributed by atoms with Gasteiger partial charge in [-0.1, -0.05) is 66.7 Å². The number of hydrogen-bond acceptors (Lipinski definition) is 2. The predicted octanol–water partition coefficient (Wildman–Crippen LogP) is 6.68. The summed E-state index contributed by atoms with van der Waals surface area (Å²) in [7, 11) is -1.82. The second kappa shape index (κ2) is 8.03. The van der Waals surface area contributed by atoms with E-state index in [1.54, 1.807) is 0 Å². The number of hydrogen-bond donors (Lipinski definition) is 1. The van der Waals surface area contributed by atoms with Crippen molar-refractivity contribution in [2.24, 2.45) is 11.1 Å². The number of rotatable bonds is 6. The zero-order valence-corrected chi connectivity index (χ0v) is 21.0. The Morgan fingerprint density at radius 3 is 2.28 bits per heavy atom. The van der Waals surface area contributed by atoms with Crippen molar-refractivity contribution < 1.29 is 9.22 Å². The summed E-state index contributed by atoms with van der Waals surface area (Å²) in [6, 6.07) is 6.13. The van der Waals surface area contributed by atoms with Gasteiger partial charge in [-0.2, -0.15) is 0 Å². The summed E-state index contributed by atoms with van der Waals surface area (Å²) in [5, 5.41) is 0.184. The normalized spacial score (nSPS) is 17.8. The van der Waals surface area contributed by atoms with Gasteiger partial charge in [0, 0.05) is 17.6 Å². The lowest BCUT2D eigenvalue weighted by Gasteiger charge is -2.39. The van der Waals surface area contributed by atoms with Crippen LogP contribution >= 0.6 is 0 Å². The minimum Gasteiger partial charge on any atom is -0.416 e. The van der Waals surface area contributed by atoms with E-state index in [9.17, 15) is 4.79 Å². The lowest BCUT2D eigenvalue weighted by atomic mass is 9.75. The maximum atomic E-state index is 12.1. The third-order valence-electron chi connectivity index (χ3n) is 6.98. The molecule has 0 spiro atoms. The van der Waals surface area contributed by atoms with Crippen molar-refractivity contribution >= 4 is 19.8 Å². The van der Waals surface area contributed by atoms with E-state index < -0.39 is 8.32 Å². The fourth-order valence-corrected chi connectivity index (χ4v) is 4.58. The van der Waals surface area contributed by atoms with Gasteiger partial charge in [-0.05, 0) is 65.6 Å². The molecule has 1 aliphatic rings. The standard InChI is InChI=1S/C25H41NO2Si/c1-23(2,3)29(8,9)28-17-25(6,7)19-10-11-20(22(26)27)21(16-19)18-12-14-24(4,5)15-13-18/h10-12,16H,13-15,17H2,1-9H3,(H2,26,27). The highest BCUT2D eigenvalue weighted by atomic mass is 28.4. The molecule has 0 heterocycles. The maximum Gasteiger partial charge on any atom is 0.249 e. The minimum atomic E-state index is -1.82. The van der Waals surface area contributed by atoms with Gasteiger partial charge in [0.2, 0.25) is 5.91 Å². The molecule has 2 rings (SSSR count). The van der Waals surface area contributed by atoms with Gasteiger partial charge in [-0.15, -0.1) is 0 Å². The Balaban J connectivity index is 2.37. The molecule has 0 bridgehead atoms. The summed E-state index contributed by atoms with van der Waals surface area (Å²) in [6.45, 7) is 21.1. The zero-order valence-electron chi connectivity index (χ0n) is 20.0. The molecule has 4 heteroatoms. The molecular formula is C25H41NO2Si. The minimum absolute atomic E-state index is 0.144. The van der Waals surface area contributed by atoms with Crippen LogP contribution in [0.3, 0.4) is 0 Å². The van der Waals surface area contributed by atoms with E-state index >= 15 is 0 Å². The average Bonchev–Trinajstić information content (AvgIpc) is 2.58. The van der Waals surface area contributed by atoms with Gasteiger partial charge in [0.05, 0.1) is 0 Å². The fourth-order valence-electron chi connectivity index (χ4n) is 3.43. The van der Waals surface area contributed by atoms with Gasteiger partial charge < -0.3 is 10.2 Å². The van der Waals surface area contributed by atoms with Crippen LogP contribution in [-0.4, -0.2) is 20.8 Å². The van der Waals surface area contributed by atoms with Crippen molar-refractivity contribution in [3.63, 3.8) is 0 Å². The molecule has 3 nitrogen and oxygen atoms in total. The predicted molar refractivity (Wildman–Crippen MR) is 127 cm³/mol. The molecule has 29 heavy (non-hydrogen) atoms. The first kappa shape index (κ1) is 23.9. The Morgan fingerprint density at radius 2 is 1.79 bits per heavy atom. The molecule has 0 saturated carbocycles. The van der Waals surface area contributed by atoms with Crippen LogP contribution in [0.2, 0.25) is 18.1 Å². The highest BCUT2D eigenvalue weighted by Gasteiger charge is 2.39. The molecule has 0 saturated heterocycles. The van der Waals surface area contributed by atoms with Crippen LogP contribution in [0.1, 0.15) is 89.2 Å². The summed E-state index contributed by atoms with van der Waals surface area (Å²) in [6.07, 6.45) is 5.44. The zero-order chi connectivity index (χ0) is 22.3. The number of benzene rings is 1. The van der Waals surface area contributed by atoms with Gasteiger partial charge >= 0.3 is 0 Å². The van der Waals surface area contributed by atoms with E-state index in [1.165, 1.54) is 11.1 Å². The molecule has 1 amide bonds. The summed E-state index contributed by atoms with van der Waals surface area (Å²) >= 11 is 0. The topological polar surface area (TPSA) is 52.3 Å². The Kier molecular flexibility index (Phi) is 6.61. The van der Waals surface area contributed by atoms with Crippen molar-refractivity contribution in [1.29, 1.82) is 0 Å². The van der Waals surface area contributed by atoms with Crippen LogP contribution in [0.5, 0.6) is 0 Å². The van der Waals surface area contributed by atoms with E-state index in [0.717, 1.165) is 24.8 Å². The first-order chi connectivity index (χ1) is 13.1. The highest BCUT2D eigenvalue weighted by molar-refractivity contribution is 6.74. The van der Waals surface area contributed by atoms with Gasteiger partial charge in [0.1, 0.15) is 0 Å². The Labute approximate surface area is 179 Å². The number of carbonyl (C=O) groups excluding carboxylic acids is 1. The van der Waals surface area contributed by atoms with E-state index in [1.807, 2.05) is 12.1 Å². The van der Waals surface area contributed by atoms with Gasteiger partial charge in [0.15, 0.2) is 8.32 Å². The van der Waals surface area contributed by atoms with Gasteiger partial charge in [-0.25, -0.2) is 0 Å². The first-order valence-corrected chi connectivity index (χ1v) is 13.7. The molecular weight excluding hydrogens is 374 g/mol. The third kappa shape index (κ3) is 5.61. The quantitative estimate of drug-likeness (QED) is 0.527. The molecule has 0 radical (unpaired) electrons. The summed E-state index contributed by atoms with van der Waals surface area (Å²) in [5.74, 6) is -0.354. The monoisotopic (exact) mass is 415 g/mol. The smallest absolute Gasteiger partial charge is 0.249 e. The maximum absolute atomic E-state index is 12.1. The van der Waals surface area contributed by atoms with E-state index in [0.29, 0.717) is 17.6 Å². The second-order valence-corrected chi connectivity index (χ2v) is 16.5. The molecule has 0 atom stereocenters. The van der Waals surface area contributed by atoms with Crippen LogP contribution in [-0.2, 0) is 9.84 Å². The Hall–Kier alpha value is -1.39. The number of nitrogens with two attached hydrogens (primary N) is 1. The molecule has 162 valence electrons. The molecule has 2 N–H and O–H groups in total. The number of carbonyl (C=O) groups is 1. The molecule has 1 aromatic carbocycles. The van der Waals surface area contributed by atoms with Crippen molar-refractivity contribution in [3.05, 3.63) is 41.0 Å². The van der Waals surface area contributed by atoms with E-state index in [-0.39, 0.29) is 16.4 Å². The largest absolute Gasteiger partial charge is 0.416 e. The Morgan fingerprint density at radius 1 is 1.17 bits per heavy atom. The molecule has 1 aliphatic carbocycles. The summed E-state index contributed by atoms with van der Waals surface area (Å²) < 4.78 is 6.54. The molecule has 0 aliphatic heterocycles. The second-order valence-electron chi connectivity index (χ2n) is 11.7. The SMILES string of the molecule is CC1(C)CC=C(c2cc(C(C)(C)CO[Si](C)(C)C(C)(C)C)ccc2C(N)=O)CC1. The van der Waals surface area contributed by atoms with Crippen molar-refractivity contribution in [2.75, 3.05) is 6.61 Å². The fraction of sp³-hybridized carbons (Fsp3) is 0.640. The molecule has 0 fully saturated rings. The lowest BCUT2D eigenvalue weighted by Crippen LogP contribution is -2.44. The van der Waals surface area contributed by atoms with Gasteiger partial charge in [0.25, 0.3) is 0 Å². The lowest BCUT2D eigenvalue weighted by molar-refractivity contribution is 0.1000. The van der Waals surface area contributed by atoms with Crippen LogP contribution in [0.15, 0.2) is 24.3 Å². The third-order valence-corrected chi connectivity index (χ3v) is 11.5. The van der Waals surface area contributed by atoms with Gasteiger partial charge in [-0.3, -0.25) is 4.79 Å². The Bertz CT molecular complexity index is 798. The molecule has 0 aromatic heterocycles. The summed E-state index contributed by atoms with van der Waals surface area (Å²) in [5.41, 5.74) is 9.97. The molecule has 1 aromatic rings. The number of primary amides is 1. The van der Waals surface area contributed by atoms with Crippen LogP contribution < -0.4 is 5.73 Å². The molecule has 0 unspecified atom stereocenters. The van der Waals surface area contributed by atoms with Crippen LogP contribution in [0, 0.1) is 5.41 Å². The highest BCUT2D eigenvalue weighted by Crippen LogP contribution is 2.41. The van der Waals surface area contributed by atoms with Crippen molar-refractivity contribution in [1.82, 2.24) is 0 Å². The summed E-state index contributed by atoms with van der Waals surface area (Å²) in [4.78, 5) is 12.1.